The lowest BCUT2D eigenvalue weighted by molar-refractivity contribution is -0.387. The molecular weight excluding hydrogens is 245 g/mol. The molecule has 0 heterocycles. The summed E-state index contributed by atoms with van der Waals surface area (Å²) in [5.74, 6) is -0.370. The van der Waals surface area contributed by atoms with Gasteiger partial charge in [-0.1, -0.05) is 23.9 Å². The quantitative estimate of drug-likeness (QED) is 0.613. The maximum atomic E-state index is 13.2. The zero-order valence-corrected chi connectivity index (χ0v) is 9.87. The molecule has 0 N–H and O–H groups in total. The van der Waals surface area contributed by atoms with Crippen LogP contribution in [0.2, 0.25) is 0 Å². The molecule has 0 radical (unpaired) electrons. The third-order valence-corrected chi connectivity index (χ3v) is 2.63. The van der Waals surface area contributed by atoms with Crippen molar-refractivity contribution in [3.8, 4) is 0 Å². The Bertz CT molecular complexity index is 474. The number of rotatable bonds is 4. The second-order valence-electron chi connectivity index (χ2n) is 3.17. The van der Waals surface area contributed by atoms with Gasteiger partial charge >= 0.3 is 5.69 Å². The van der Waals surface area contributed by atoms with E-state index in [0.717, 1.165) is 23.9 Å². The lowest BCUT2D eigenvalue weighted by Gasteiger charge is -1.96. The molecule has 0 unspecified atom stereocenters. The van der Waals surface area contributed by atoms with Gasteiger partial charge in [0, 0.05) is 18.7 Å². The predicted octanol–water partition coefficient (Wildman–Crippen LogP) is 3.03. The van der Waals surface area contributed by atoms with Crippen LogP contribution in [0.5, 0.6) is 0 Å². The van der Waals surface area contributed by atoms with Crippen molar-refractivity contribution in [2.45, 2.75) is 6.92 Å². The monoisotopic (exact) mass is 255 g/mol. The van der Waals surface area contributed by atoms with Gasteiger partial charge in [0.25, 0.3) is 0 Å². The summed E-state index contributed by atoms with van der Waals surface area (Å²) in [5.41, 5.74) is -0.0162. The Morgan fingerprint density at radius 1 is 1.59 bits per heavy atom. The Morgan fingerprint density at radius 3 is 2.82 bits per heavy atom. The maximum Gasteiger partial charge on any atom is 0.304 e. The summed E-state index contributed by atoms with van der Waals surface area (Å²) < 4.78 is 13.2. The summed E-state index contributed by atoms with van der Waals surface area (Å²) in [7, 11) is 0. The molecular formula is C11H10FNO3S. The molecule has 0 aliphatic rings. The average molecular weight is 255 g/mol. The minimum absolute atomic E-state index is 0.00419. The molecule has 0 aliphatic carbocycles. The smallest absolute Gasteiger partial charge is 0.288 e. The van der Waals surface area contributed by atoms with E-state index in [-0.39, 0.29) is 5.12 Å². The zero-order valence-electron chi connectivity index (χ0n) is 9.05. The van der Waals surface area contributed by atoms with Crippen LogP contribution in [0.3, 0.4) is 0 Å². The van der Waals surface area contributed by atoms with Gasteiger partial charge in [0.2, 0.25) is 5.82 Å². The summed E-state index contributed by atoms with van der Waals surface area (Å²) in [6, 6.07) is 3.66. The third-order valence-electron chi connectivity index (χ3n) is 1.86. The number of nitrogens with zero attached hydrogens (tertiary/aromatic N) is 1. The Hall–Kier alpha value is -1.69. The molecule has 0 saturated carbocycles. The van der Waals surface area contributed by atoms with Crippen molar-refractivity contribution in [3.63, 3.8) is 0 Å². The van der Waals surface area contributed by atoms with Gasteiger partial charge in [-0.3, -0.25) is 14.9 Å². The van der Waals surface area contributed by atoms with Gasteiger partial charge in [-0.05, 0) is 17.7 Å². The Balaban J connectivity index is 2.70. The van der Waals surface area contributed by atoms with Gasteiger partial charge in [-0.25, -0.2) is 0 Å². The van der Waals surface area contributed by atoms with Gasteiger partial charge in [-0.2, -0.15) is 4.39 Å². The van der Waals surface area contributed by atoms with E-state index in [1.54, 1.807) is 12.2 Å². The number of nitro benzene ring substituents is 1. The fourth-order valence-corrected chi connectivity index (χ4v) is 1.55. The topological polar surface area (TPSA) is 60.2 Å². The van der Waals surface area contributed by atoms with Crippen LogP contribution in [0.15, 0.2) is 24.3 Å². The van der Waals surface area contributed by atoms with Crippen LogP contribution in [0.4, 0.5) is 10.1 Å². The number of carbonyl (C=O) groups is 1. The highest BCUT2D eigenvalue weighted by Crippen LogP contribution is 2.18. The van der Waals surface area contributed by atoms with Gasteiger partial charge in [0.05, 0.1) is 4.92 Å². The maximum absolute atomic E-state index is 13.2. The van der Waals surface area contributed by atoms with E-state index in [2.05, 4.69) is 0 Å². The fourth-order valence-electron chi connectivity index (χ4n) is 1.12. The van der Waals surface area contributed by atoms with Crippen molar-refractivity contribution in [2.75, 3.05) is 5.75 Å². The molecule has 0 saturated heterocycles. The minimum atomic E-state index is -0.864. The Labute approximate surface area is 102 Å². The number of benzene rings is 1. The van der Waals surface area contributed by atoms with Crippen LogP contribution in [0.25, 0.3) is 6.08 Å². The van der Waals surface area contributed by atoms with Crippen LogP contribution >= 0.6 is 11.8 Å². The molecule has 4 nitrogen and oxygen atoms in total. The van der Waals surface area contributed by atoms with Gasteiger partial charge in [0.1, 0.15) is 0 Å². The molecule has 17 heavy (non-hydrogen) atoms. The number of nitro groups is 1. The molecule has 0 bridgehead atoms. The molecule has 0 aromatic heterocycles. The Morgan fingerprint density at radius 2 is 2.29 bits per heavy atom. The highest BCUT2D eigenvalue weighted by Gasteiger charge is 2.12. The molecule has 1 rings (SSSR count). The number of halogens is 1. The standard InChI is InChI=1S/C11H10FNO3S/c1-8(14)17-6-2-3-9-4-5-11(13(15)16)10(12)7-9/h2-5,7H,6H2,1H3. The highest BCUT2D eigenvalue weighted by atomic mass is 32.2. The summed E-state index contributed by atoms with van der Waals surface area (Å²) in [5, 5.41) is 10.4. The second-order valence-corrected chi connectivity index (χ2v) is 4.37. The van der Waals surface area contributed by atoms with Crippen LogP contribution in [0.1, 0.15) is 12.5 Å². The van der Waals surface area contributed by atoms with Gasteiger partial charge in [-0.15, -0.1) is 0 Å². The van der Waals surface area contributed by atoms with Crippen molar-refractivity contribution >= 4 is 28.6 Å². The van der Waals surface area contributed by atoms with Crippen molar-refractivity contribution in [1.82, 2.24) is 0 Å². The van der Waals surface area contributed by atoms with E-state index in [4.69, 9.17) is 0 Å². The van der Waals surface area contributed by atoms with E-state index in [1.807, 2.05) is 0 Å². The van der Waals surface area contributed by atoms with E-state index < -0.39 is 16.4 Å². The molecule has 6 heteroatoms. The number of hydrogen-bond acceptors (Lipinski definition) is 4. The molecule has 0 spiro atoms. The van der Waals surface area contributed by atoms with Crippen LogP contribution in [0, 0.1) is 15.9 Å². The van der Waals surface area contributed by atoms with E-state index in [9.17, 15) is 19.3 Å². The summed E-state index contributed by atoms with van der Waals surface area (Å²) in [6.07, 6.45) is 3.31. The van der Waals surface area contributed by atoms with Gasteiger partial charge in [0.15, 0.2) is 5.12 Å². The van der Waals surface area contributed by atoms with Crippen molar-refractivity contribution in [1.29, 1.82) is 0 Å². The average Bonchev–Trinajstić information content (AvgIpc) is 2.23. The second kappa shape index (κ2) is 6.15. The van der Waals surface area contributed by atoms with Crippen molar-refractivity contribution in [3.05, 3.63) is 45.8 Å². The first kappa shape index (κ1) is 13.4. The first-order valence-corrected chi connectivity index (χ1v) is 5.73. The van der Waals surface area contributed by atoms with Crippen LogP contribution in [-0.2, 0) is 4.79 Å². The SMILES string of the molecule is CC(=O)SCC=Cc1ccc([N+](=O)[O-])c(F)c1. The van der Waals surface area contributed by atoms with Crippen molar-refractivity contribution in [2.24, 2.45) is 0 Å². The Kier molecular flexibility index (Phi) is 4.84. The lowest BCUT2D eigenvalue weighted by Crippen LogP contribution is -1.92. The molecule has 0 fully saturated rings. The molecule has 90 valence electrons. The molecule has 1 aromatic rings. The normalized spacial score (nSPS) is 10.7. The van der Waals surface area contributed by atoms with E-state index in [1.165, 1.54) is 13.0 Å². The lowest BCUT2D eigenvalue weighted by atomic mass is 10.2. The van der Waals surface area contributed by atoms with Crippen LogP contribution < -0.4 is 0 Å². The molecule has 0 atom stereocenters. The highest BCUT2D eigenvalue weighted by molar-refractivity contribution is 8.13. The molecule has 1 aromatic carbocycles. The number of hydrogen-bond donors (Lipinski definition) is 0. The first-order chi connectivity index (χ1) is 8.00. The minimum Gasteiger partial charge on any atom is -0.288 e. The summed E-state index contributed by atoms with van der Waals surface area (Å²) in [6.45, 7) is 1.46. The fraction of sp³-hybridized carbons (Fsp3) is 0.182. The van der Waals surface area contributed by atoms with E-state index >= 15 is 0 Å². The number of thioether (sulfide) groups is 1. The summed E-state index contributed by atoms with van der Waals surface area (Å²) >= 11 is 1.14. The third kappa shape index (κ3) is 4.36. The largest absolute Gasteiger partial charge is 0.304 e. The van der Waals surface area contributed by atoms with Gasteiger partial charge < -0.3 is 0 Å². The summed E-state index contributed by atoms with van der Waals surface area (Å²) in [4.78, 5) is 20.2. The van der Waals surface area contributed by atoms with Crippen molar-refractivity contribution < 1.29 is 14.1 Å². The number of carbonyl (C=O) groups excluding carboxylic acids is 1. The first-order valence-electron chi connectivity index (χ1n) is 4.74. The van der Waals surface area contributed by atoms with Crippen LogP contribution in [-0.4, -0.2) is 15.8 Å². The van der Waals surface area contributed by atoms with E-state index in [0.29, 0.717) is 11.3 Å². The molecule has 0 aliphatic heterocycles. The molecule has 0 amide bonds. The predicted molar refractivity (Wildman–Crippen MR) is 65.2 cm³/mol. The zero-order chi connectivity index (χ0) is 12.8.